The fraction of sp³-hybridized carbons (Fsp3) is 0.125. The Balaban J connectivity index is 1.68. The number of amides is 4. The van der Waals surface area contributed by atoms with E-state index in [9.17, 15) is 14.4 Å². The lowest BCUT2D eigenvalue weighted by Gasteiger charge is -2.26. The molecule has 4 rings (SSSR count). The van der Waals surface area contributed by atoms with E-state index in [1.807, 2.05) is 23.6 Å². The molecule has 3 aromatic rings. The molecule has 32 heavy (non-hydrogen) atoms. The van der Waals surface area contributed by atoms with Crippen molar-refractivity contribution >= 4 is 52.8 Å². The molecule has 1 aliphatic heterocycles. The van der Waals surface area contributed by atoms with Gasteiger partial charge in [0.05, 0.1) is 12.2 Å². The second-order valence-corrected chi connectivity index (χ2v) is 8.05. The molecule has 0 saturated carbocycles. The molecule has 1 aliphatic rings. The zero-order chi connectivity index (χ0) is 22.8. The largest absolute Gasteiger partial charge is 0.343 e. The molecule has 6 nitrogen and oxygen atoms in total. The average molecular weight is 468 g/mol. The summed E-state index contributed by atoms with van der Waals surface area (Å²) in [5.74, 6) is -1.43. The van der Waals surface area contributed by atoms with E-state index in [4.69, 9.17) is 23.2 Å². The molecule has 2 heterocycles. The lowest BCUT2D eigenvalue weighted by Crippen LogP contribution is -2.54. The third-order valence-electron chi connectivity index (χ3n) is 5.25. The van der Waals surface area contributed by atoms with Crippen LogP contribution in [0.25, 0.3) is 6.08 Å². The van der Waals surface area contributed by atoms with Crippen molar-refractivity contribution in [1.82, 2.24) is 9.88 Å². The van der Waals surface area contributed by atoms with Crippen molar-refractivity contribution in [3.63, 3.8) is 0 Å². The Morgan fingerprint density at radius 2 is 1.62 bits per heavy atom. The first-order chi connectivity index (χ1) is 15.4. The summed E-state index contributed by atoms with van der Waals surface area (Å²) in [6, 6.07) is 15.1. The SMILES string of the molecule is CCc1ccc(N2C(=O)NC(=O)/C(=C\c3cccn3Cc3c(Cl)cccc3Cl)C2=O)cc1. The number of carbonyl (C=O) groups excluding carboxylic acids is 3. The van der Waals surface area contributed by atoms with E-state index in [2.05, 4.69) is 5.32 Å². The minimum atomic E-state index is -0.778. The smallest absolute Gasteiger partial charge is 0.335 e. The number of imide groups is 2. The van der Waals surface area contributed by atoms with Crippen molar-refractivity contribution in [3.8, 4) is 0 Å². The van der Waals surface area contributed by atoms with Crippen LogP contribution in [0.1, 0.15) is 23.7 Å². The number of nitrogens with zero attached hydrogens (tertiary/aromatic N) is 2. The van der Waals surface area contributed by atoms with Crippen LogP contribution in [0.4, 0.5) is 10.5 Å². The molecule has 1 fully saturated rings. The summed E-state index contributed by atoms with van der Waals surface area (Å²) < 4.78 is 1.82. The maximum absolute atomic E-state index is 13.1. The Morgan fingerprint density at radius 3 is 2.28 bits per heavy atom. The van der Waals surface area contributed by atoms with E-state index in [-0.39, 0.29) is 5.57 Å². The number of aromatic nitrogens is 1. The molecule has 2 aromatic carbocycles. The molecule has 8 heteroatoms. The quantitative estimate of drug-likeness (QED) is 0.420. The lowest BCUT2D eigenvalue weighted by atomic mass is 10.1. The number of benzene rings is 2. The number of urea groups is 1. The van der Waals surface area contributed by atoms with Gasteiger partial charge in [-0.2, -0.15) is 0 Å². The van der Waals surface area contributed by atoms with Gasteiger partial charge in [-0.1, -0.05) is 48.3 Å². The van der Waals surface area contributed by atoms with E-state index in [1.54, 1.807) is 48.7 Å². The van der Waals surface area contributed by atoms with E-state index in [1.165, 1.54) is 6.08 Å². The molecule has 162 valence electrons. The van der Waals surface area contributed by atoms with Gasteiger partial charge in [0.1, 0.15) is 5.57 Å². The number of rotatable bonds is 5. The van der Waals surface area contributed by atoms with E-state index >= 15 is 0 Å². The summed E-state index contributed by atoms with van der Waals surface area (Å²) in [6.07, 6.45) is 4.09. The summed E-state index contributed by atoms with van der Waals surface area (Å²) in [5, 5.41) is 3.28. The monoisotopic (exact) mass is 467 g/mol. The highest BCUT2D eigenvalue weighted by molar-refractivity contribution is 6.39. The molecule has 4 amide bonds. The van der Waals surface area contributed by atoms with Crippen LogP contribution in [0.5, 0.6) is 0 Å². The number of barbiturate groups is 1. The van der Waals surface area contributed by atoms with Crippen LogP contribution >= 0.6 is 23.2 Å². The third-order valence-corrected chi connectivity index (χ3v) is 5.96. The average Bonchev–Trinajstić information content (AvgIpc) is 3.21. The Labute approximate surface area is 195 Å². The normalized spacial score (nSPS) is 15.4. The molecule has 0 aliphatic carbocycles. The molecular formula is C24H19Cl2N3O3. The van der Waals surface area contributed by atoms with Crippen molar-refractivity contribution in [3.05, 3.63) is 93.2 Å². The van der Waals surface area contributed by atoms with Crippen molar-refractivity contribution < 1.29 is 14.4 Å². The Bertz CT molecular complexity index is 1230. The highest BCUT2D eigenvalue weighted by Gasteiger charge is 2.37. The molecule has 0 bridgehead atoms. The standard InChI is InChI=1S/C24H19Cl2N3O3/c1-2-15-8-10-16(11-9-15)29-23(31)18(22(30)27-24(29)32)13-17-5-4-12-28(17)14-19-20(25)6-3-7-21(19)26/h3-13H,2,14H2,1H3,(H,27,30,32)/b18-13+. The van der Waals surface area contributed by atoms with E-state index in [0.29, 0.717) is 28.0 Å². The van der Waals surface area contributed by atoms with E-state index < -0.39 is 17.8 Å². The van der Waals surface area contributed by atoms with Crippen LogP contribution in [-0.2, 0) is 22.6 Å². The molecular weight excluding hydrogens is 449 g/mol. The Kier molecular flexibility index (Phi) is 6.17. The van der Waals surface area contributed by atoms with Gasteiger partial charge in [-0.3, -0.25) is 14.9 Å². The van der Waals surface area contributed by atoms with Gasteiger partial charge in [-0.05, 0) is 54.5 Å². The number of hydrogen-bond acceptors (Lipinski definition) is 3. The number of anilines is 1. The molecule has 0 spiro atoms. The van der Waals surface area contributed by atoms with Gasteiger partial charge < -0.3 is 4.57 Å². The van der Waals surface area contributed by atoms with Crippen LogP contribution in [0.3, 0.4) is 0 Å². The zero-order valence-electron chi connectivity index (χ0n) is 17.1. The van der Waals surface area contributed by atoms with Gasteiger partial charge in [-0.25, -0.2) is 9.69 Å². The molecule has 1 saturated heterocycles. The molecule has 0 unspecified atom stereocenters. The summed E-state index contributed by atoms with van der Waals surface area (Å²) in [5.41, 5.74) is 2.63. The maximum Gasteiger partial charge on any atom is 0.335 e. The highest BCUT2D eigenvalue weighted by Crippen LogP contribution is 2.27. The van der Waals surface area contributed by atoms with Gasteiger partial charge in [0.15, 0.2) is 0 Å². The minimum absolute atomic E-state index is 0.144. The lowest BCUT2D eigenvalue weighted by molar-refractivity contribution is -0.122. The minimum Gasteiger partial charge on any atom is -0.343 e. The zero-order valence-corrected chi connectivity index (χ0v) is 18.7. The van der Waals surface area contributed by atoms with Crippen LogP contribution < -0.4 is 10.2 Å². The Morgan fingerprint density at radius 1 is 0.938 bits per heavy atom. The van der Waals surface area contributed by atoms with Crippen molar-refractivity contribution in [2.45, 2.75) is 19.9 Å². The predicted octanol–water partition coefficient (Wildman–Crippen LogP) is 5.07. The van der Waals surface area contributed by atoms with Crippen molar-refractivity contribution in [2.24, 2.45) is 0 Å². The second-order valence-electron chi connectivity index (χ2n) is 7.24. The van der Waals surface area contributed by atoms with Crippen LogP contribution in [0.2, 0.25) is 10.0 Å². The molecule has 1 N–H and O–H groups in total. The first-order valence-electron chi connectivity index (χ1n) is 9.97. The number of nitrogens with one attached hydrogen (secondary N) is 1. The van der Waals surface area contributed by atoms with Crippen molar-refractivity contribution in [2.75, 3.05) is 4.90 Å². The fourth-order valence-corrected chi connectivity index (χ4v) is 3.99. The van der Waals surface area contributed by atoms with Gasteiger partial charge in [0.2, 0.25) is 0 Å². The molecule has 0 radical (unpaired) electrons. The number of hydrogen-bond donors (Lipinski definition) is 1. The van der Waals surface area contributed by atoms with Gasteiger partial charge in [0.25, 0.3) is 11.8 Å². The first kappa shape index (κ1) is 21.9. The maximum atomic E-state index is 13.1. The van der Waals surface area contributed by atoms with Crippen LogP contribution in [-0.4, -0.2) is 22.4 Å². The molecule has 1 aromatic heterocycles. The number of carbonyl (C=O) groups is 3. The fourth-order valence-electron chi connectivity index (χ4n) is 3.48. The second kappa shape index (κ2) is 9.02. The first-order valence-corrected chi connectivity index (χ1v) is 10.7. The van der Waals surface area contributed by atoms with E-state index in [0.717, 1.165) is 22.4 Å². The van der Waals surface area contributed by atoms with Crippen LogP contribution in [0, 0.1) is 0 Å². The summed E-state index contributed by atoms with van der Waals surface area (Å²) >= 11 is 12.6. The summed E-state index contributed by atoms with van der Waals surface area (Å²) in [6.45, 7) is 2.36. The van der Waals surface area contributed by atoms with Gasteiger partial charge in [0, 0.05) is 27.5 Å². The number of aryl methyl sites for hydroxylation is 1. The predicted molar refractivity (Wildman–Crippen MR) is 125 cm³/mol. The van der Waals surface area contributed by atoms with Gasteiger partial charge in [-0.15, -0.1) is 0 Å². The Hall–Kier alpha value is -3.35. The topological polar surface area (TPSA) is 71.4 Å². The van der Waals surface area contributed by atoms with Gasteiger partial charge >= 0.3 is 6.03 Å². The summed E-state index contributed by atoms with van der Waals surface area (Å²) in [4.78, 5) is 39.0. The summed E-state index contributed by atoms with van der Waals surface area (Å²) in [7, 11) is 0. The van der Waals surface area contributed by atoms with Crippen molar-refractivity contribution in [1.29, 1.82) is 0 Å². The third kappa shape index (κ3) is 4.20. The van der Waals surface area contributed by atoms with Crippen LogP contribution in [0.15, 0.2) is 66.4 Å². The number of halogens is 2. The molecule has 0 atom stereocenters. The highest BCUT2D eigenvalue weighted by atomic mass is 35.5.